The molecule has 4 nitrogen and oxygen atoms in total. The van der Waals surface area contributed by atoms with Crippen LogP contribution in [0.3, 0.4) is 0 Å². The average molecular weight is 437 g/mol. The van der Waals surface area contributed by atoms with Crippen molar-refractivity contribution in [2.75, 3.05) is 17.7 Å². The van der Waals surface area contributed by atoms with Gasteiger partial charge in [-0.05, 0) is 59.0 Å². The summed E-state index contributed by atoms with van der Waals surface area (Å²) in [4.78, 5) is 11.9. The zero-order valence-electron chi connectivity index (χ0n) is 10.7. The molecule has 21 heavy (non-hydrogen) atoms. The maximum Gasteiger partial charge on any atom is 0.262 e. The highest BCUT2D eigenvalue weighted by atomic mass is 127. The minimum Gasteiger partial charge on any atom is -0.484 e. The number of nitrogen functional groups attached to an aromatic ring is 1. The number of rotatable bonds is 4. The van der Waals surface area contributed by atoms with E-state index >= 15 is 0 Å². The van der Waals surface area contributed by atoms with Crippen molar-refractivity contribution in [2.24, 2.45) is 0 Å². The largest absolute Gasteiger partial charge is 0.484 e. The van der Waals surface area contributed by atoms with Crippen LogP contribution in [-0.2, 0) is 4.79 Å². The summed E-state index contributed by atoms with van der Waals surface area (Å²) in [6.07, 6.45) is 0. The number of ether oxygens (including phenoxy) is 1. The minimum atomic E-state index is -0.357. The molecule has 0 bridgehead atoms. The highest BCUT2D eigenvalue weighted by Crippen LogP contribution is 2.31. The van der Waals surface area contributed by atoms with Crippen molar-refractivity contribution in [3.63, 3.8) is 0 Å². The Balaban J connectivity index is 1.97. The van der Waals surface area contributed by atoms with E-state index in [0.29, 0.717) is 22.1 Å². The molecule has 0 aliphatic heterocycles. The minimum absolute atomic E-state index is 0.140. The molecule has 2 aromatic carbocycles. The first-order valence-corrected chi connectivity index (χ1v) is 7.72. The highest BCUT2D eigenvalue weighted by molar-refractivity contribution is 14.1. The van der Waals surface area contributed by atoms with Crippen molar-refractivity contribution >= 4 is 63.1 Å². The van der Waals surface area contributed by atoms with Gasteiger partial charge in [0, 0.05) is 8.59 Å². The molecule has 0 aliphatic carbocycles. The van der Waals surface area contributed by atoms with Crippen LogP contribution in [0.25, 0.3) is 0 Å². The standard InChI is InChI=1S/C14H11Cl2IN2O2/c15-8-5-11(16)14(12(18)6-8)19-13(20)7-21-10-3-1-9(17)2-4-10/h1-6H,7,18H2,(H,19,20). The second-order valence-corrected chi connectivity index (χ2v) is 6.23. The molecule has 0 heterocycles. The number of halogens is 3. The molecule has 0 aliphatic rings. The molecule has 0 atom stereocenters. The van der Waals surface area contributed by atoms with Crippen LogP contribution in [0.15, 0.2) is 36.4 Å². The number of benzene rings is 2. The molecular weight excluding hydrogens is 426 g/mol. The summed E-state index contributed by atoms with van der Waals surface area (Å²) in [6, 6.07) is 10.4. The van der Waals surface area contributed by atoms with Crippen LogP contribution in [0.4, 0.5) is 11.4 Å². The molecule has 2 aromatic rings. The number of hydrogen-bond donors (Lipinski definition) is 2. The van der Waals surface area contributed by atoms with E-state index in [9.17, 15) is 4.79 Å². The van der Waals surface area contributed by atoms with Crippen LogP contribution in [0.2, 0.25) is 10.0 Å². The summed E-state index contributed by atoms with van der Waals surface area (Å²) in [7, 11) is 0. The quantitative estimate of drug-likeness (QED) is 0.557. The zero-order chi connectivity index (χ0) is 15.4. The molecule has 0 fully saturated rings. The van der Waals surface area contributed by atoms with Crippen LogP contribution >= 0.6 is 45.8 Å². The smallest absolute Gasteiger partial charge is 0.262 e. The lowest BCUT2D eigenvalue weighted by Crippen LogP contribution is -2.21. The third kappa shape index (κ3) is 4.66. The van der Waals surface area contributed by atoms with Gasteiger partial charge in [0.05, 0.1) is 16.4 Å². The van der Waals surface area contributed by atoms with Gasteiger partial charge in [-0.2, -0.15) is 0 Å². The van der Waals surface area contributed by atoms with Crippen molar-refractivity contribution in [1.82, 2.24) is 0 Å². The molecular formula is C14H11Cl2IN2O2. The van der Waals surface area contributed by atoms with Gasteiger partial charge >= 0.3 is 0 Å². The van der Waals surface area contributed by atoms with Crippen molar-refractivity contribution in [2.45, 2.75) is 0 Å². The fraction of sp³-hybridized carbons (Fsp3) is 0.0714. The van der Waals surface area contributed by atoms with Gasteiger partial charge < -0.3 is 15.8 Å². The molecule has 110 valence electrons. The van der Waals surface area contributed by atoms with E-state index in [1.807, 2.05) is 12.1 Å². The third-order valence-electron chi connectivity index (χ3n) is 2.53. The van der Waals surface area contributed by atoms with Gasteiger partial charge in [-0.25, -0.2) is 0 Å². The summed E-state index contributed by atoms with van der Waals surface area (Å²) >= 11 is 14.0. The molecule has 0 spiro atoms. The summed E-state index contributed by atoms with van der Waals surface area (Å²) in [5.74, 6) is 0.255. The van der Waals surface area contributed by atoms with E-state index in [1.165, 1.54) is 12.1 Å². The Morgan fingerprint density at radius 3 is 2.52 bits per heavy atom. The van der Waals surface area contributed by atoms with Gasteiger partial charge in [-0.1, -0.05) is 23.2 Å². The molecule has 1 amide bonds. The van der Waals surface area contributed by atoms with Gasteiger partial charge in [0.1, 0.15) is 5.75 Å². The van der Waals surface area contributed by atoms with E-state index in [0.717, 1.165) is 3.57 Å². The number of amides is 1. The van der Waals surface area contributed by atoms with Gasteiger partial charge in [0.15, 0.2) is 6.61 Å². The molecule has 3 N–H and O–H groups in total. The molecule has 0 saturated carbocycles. The van der Waals surface area contributed by atoms with E-state index in [4.69, 9.17) is 33.7 Å². The van der Waals surface area contributed by atoms with E-state index in [2.05, 4.69) is 27.9 Å². The van der Waals surface area contributed by atoms with Crippen LogP contribution in [-0.4, -0.2) is 12.5 Å². The monoisotopic (exact) mass is 436 g/mol. The Morgan fingerprint density at radius 2 is 1.90 bits per heavy atom. The molecule has 2 rings (SSSR count). The SMILES string of the molecule is Nc1cc(Cl)cc(Cl)c1NC(=O)COc1ccc(I)cc1. The van der Waals surface area contributed by atoms with Gasteiger partial charge in [-0.15, -0.1) is 0 Å². The highest BCUT2D eigenvalue weighted by Gasteiger charge is 2.11. The summed E-state index contributed by atoms with van der Waals surface area (Å²) in [5.41, 5.74) is 6.40. The maximum absolute atomic E-state index is 11.9. The van der Waals surface area contributed by atoms with Crippen molar-refractivity contribution < 1.29 is 9.53 Å². The molecule has 0 unspecified atom stereocenters. The first-order chi connectivity index (χ1) is 9.95. The topological polar surface area (TPSA) is 64.3 Å². The fourth-order valence-electron chi connectivity index (χ4n) is 1.58. The summed E-state index contributed by atoms with van der Waals surface area (Å²) < 4.78 is 6.46. The molecule has 0 saturated heterocycles. The number of anilines is 2. The zero-order valence-corrected chi connectivity index (χ0v) is 14.4. The Bertz CT molecular complexity index is 640. The number of carbonyl (C=O) groups excluding carboxylic acids is 1. The normalized spacial score (nSPS) is 10.2. The average Bonchev–Trinajstić information content (AvgIpc) is 2.42. The predicted octanol–water partition coefficient (Wildman–Crippen LogP) is 4.20. The maximum atomic E-state index is 11.9. The van der Waals surface area contributed by atoms with Gasteiger partial charge in [-0.3, -0.25) is 4.79 Å². The van der Waals surface area contributed by atoms with E-state index in [-0.39, 0.29) is 17.5 Å². The molecule has 0 aromatic heterocycles. The summed E-state index contributed by atoms with van der Waals surface area (Å²) in [5, 5.41) is 3.29. The first-order valence-electron chi connectivity index (χ1n) is 5.88. The van der Waals surface area contributed by atoms with E-state index < -0.39 is 0 Å². The first kappa shape index (κ1) is 16.2. The Hall–Kier alpha value is -1.18. The number of carbonyl (C=O) groups is 1. The predicted molar refractivity (Wildman–Crippen MR) is 94.2 cm³/mol. The van der Waals surface area contributed by atoms with Crippen LogP contribution in [0, 0.1) is 3.57 Å². The Kier molecular flexibility index (Phi) is 5.55. The second-order valence-electron chi connectivity index (χ2n) is 4.14. The van der Waals surface area contributed by atoms with Crippen molar-refractivity contribution in [1.29, 1.82) is 0 Å². The lowest BCUT2D eigenvalue weighted by atomic mass is 10.2. The van der Waals surface area contributed by atoms with Crippen LogP contribution in [0.1, 0.15) is 0 Å². The van der Waals surface area contributed by atoms with Crippen molar-refractivity contribution in [3.8, 4) is 5.75 Å². The molecule has 0 radical (unpaired) electrons. The second kappa shape index (κ2) is 7.20. The summed E-state index contributed by atoms with van der Waals surface area (Å²) in [6.45, 7) is -0.140. The number of hydrogen-bond acceptors (Lipinski definition) is 3. The fourth-order valence-corrected chi connectivity index (χ4v) is 2.50. The number of nitrogens with two attached hydrogens (primary N) is 1. The van der Waals surface area contributed by atoms with Gasteiger partial charge in [0.2, 0.25) is 0 Å². The van der Waals surface area contributed by atoms with E-state index in [1.54, 1.807) is 12.1 Å². The van der Waals surface area contributed by atoms with Crippen LogP contribution in [0.5, 0.6) is 5.75 Å². The third-order valence-corrected chi connectivity index (χ3v) is 3.77. The van der Waals surface area contributed by atoms with Crippen molar-refractivity contribution in [3.05, 3.63) is 50.0 Å². The number of nitrogens with one attached hydrogen (secondary N) is 1. The Labute approximate surface area is 145 Å². The van der Waals surface area contributed by atoms with Gasteiger partial charge in [0.25, 0.3) is 5.91 Å². The lowest BCUT2D eigenvalue weighted by molar-refractivity contribution is -0.118. The Morgan fingerprint density at radius 1 is 1.24 bits per heavy atom. The van der Waals surface area contributed by atoms with Crippen LogP contribution < -0.4 is 15.8 Å². The lowest BCUT2D eigenvalue weighted by Gasteiger charge is -2.11. The molecule has 7 heteroatoms.